The third kappa shape index (κ3) is 14.0. The molecule has 0 aromatic rings. The smallest absolute Gasteiger partial charge is 0.158 e. The molecular formula is C23H46O3. The van der Waals surface area contributed by atoms with Gasteiger partial charge < -0.3 is 14.6 Å². The summed E-state index contributed by atoms with van der Waals surface area (Å²) in [6, 6.07) is 0. The second kappa shape index (κ2) is 18.3. The summed E-state index contributed by atoms with van der Waals surface area (Å²) in [5, 5.41) is 9.00. The maximum absolute atomic E-state index is 9.00. The summed E-state index contributed by atoms with van der Waals surface area (Å²) in [5.41, 5.74) is 0. The molecule has 0 aromatic carbocycles. The fraction of sp³-hybridized carbons (Fsp3) is 1.00. The molecule has 156 valence electrons. The van der Waals surface area contributed by atoms with Gasteiger partial charge in [-0.15, -0.1) is 0 Å². The van der Waals surface area contributed by atoms with Gasteiger partial charge in [-0.05, 0) is 12.8 Å². The highest BCUT2D eigenvalue weighted by Gasteiger charge is 2.24. The minimum absolute atomic E-state index is 0.0662. The quantitative estimate of drug-likeness (QED) is 0.255. The number of unbranched alkanes of at least 4 members (excludes halogenated alkanes) is 16. The van der Waals surface area contributed by atoms with Crippen molar-refractivity contribution in [2.75, 3.05) is 13.2 Å². The highest BCUT2D eigenvalue weighted by Crippen LogP contribution is 2.18. The highest BCUT2D eigenvalue weighted by molar-refractivity contribution is 4.64. The van der Waals surface area contributed by atoms with Crippen molar-refractivity contribution in [3.63, 3.8) is 0 Å². The Bertz CT molecular complexity index is 283. The summed E-state index contributed by atoms with van der Waals surface area (Å²) in [4.78, 5) is 0. The SMILES string of the molecule is CCCCCCCCCCCCCCCCCCC[C@H]1OC[C@H](CO)O1. The summed E-state index contributed by atoms with van der Waals surface area (Å²) in [5.74, 6) is 0. The normalized spacial score (nSPS) is 20.1. The standard InChI is InChI=1S/C23H46O3/c1-2-3-4-5-6-7-8-9-10-11-12-13-14-15-16-17-18-19-23-25-21-22(20-24)26-23/h22-24H,2-21H2,1H3/t22-,23-/m0/s1. The van der Waals surface area contributed by atoms with Crippen molar-refractivity contribution < 1.29 is 14.6 Å². The molecule has 0 unspecified atom stereocenters. The zero-order valence-electron chi connectivity index (χ0n) is 17.6. The molecule has 0 spiro atoms. The van der Waals surface area contributed by atoms with E-state index < -0.39 is 0 Å². The molecule has 2 atom stereocenters. The van der Waals surface area contributed by atoms with Gasteiger partial charge in [-0.3, -0.25) is 0 Å². The van der Waals surface area contributed by atoms with Gasteiger partial charge in [-0.25, -0.2) is 0 Å². The summed E-state index contributed by atoms with van der Waals surface area (Å²) in [6.45, 7) is 2.92. The number of ether oxygens (including phenoxy) is 2. The Labute approximate surface area is 163 Å². The number of rotatable bonds is 19. The summed E-state index contributed by atoms with van der Waals surface area (Å²) in [7, 11) is 0. The number of aliphatic hydroxyl groups is 1. The molecular weight excluding hydrogens is 324 g/mol. The van der Waals surface area contributed by atoms with Crippen LogP contribution in [0.2, 0.25) is 0 Å². The van der Waals surface area contributed by atoms with Crippen molar-refractivity contribution in [2.45, 2.75) is 135 Å². The topological polar surface area (TPSA) is 38.7 Å². The third-order valence-electron chi connectivity index (χ3n) is 5.56. The molecule has 1 heterocycles. The van der Waals surface area contributed by atoms with Crippen LogP contribution in [0.1, 0.15) is 122 Å². The molecule has 0 radical (unpaired) electrons. The Kier molecular flexibility index (Phi) is 16.8. The van der Waals surface area contributed by atoms with Crippen LogP contribution >= 0.6 is 0 Å². The lowest BCUT2D eigenvalue weighted by Crippen LogP contribution is -2.16. The van der Waals surface area contributed by atoms with Gasteiger partial charge in [0, 0.05) is 0 Å². The van der Waals surface area contributed by atoms with E-state index in [1.807, 2.05) is 0 Å². The summed E-state index contributed by atoms with van der Waals surface area (Å²) in [6.07, 6.45) is 24.7. The molecule has 1 aliphatic heterocycles. The van der Waals surface area contributed by atoms with Gasteiger partial charge in [-0.1, -0.05) is 110 Å². The molecule has 1 fully saturated rings. The van der Waals surface area contributed by atoms with E-state index in [0.717, 1.165) is 6.42 Å². The van der Waals surface area contributed by atoms with Crippen molar-refractivity contribution >= 4 is 0 Å². The van der Waals surface area contributed by atoms with E-state index in [9.17, 15) is 0 Å². The molecule has 3 heteroatoms. The molecule has 1 saturated heterocycles. The van der Waals surface area contributed by atoms with Crippen LogP contribution in [0.4, 0.5) is 0 Å². The molecule has 1 aliphatic rings. The first kappa shape index (κ1) is 23.9. The van der Waals surface area contributed by atoms with Gasteiger partial charge in [0.25, 0.3) is 0 Å². The van der Waals surface area contributed by atoms with Gasteiger partial charge in [0.1, 0.15) is 6.10 Å². The van der Waals surface area contributed by atoms with E-state index in [4.69, 9.17) is 14.6 Å². The van der Waals surface area contributed by atoms with E-state index in [2.05, 4.69) is 6.92 Å². The Morgan fingerprint density at radius 2 is 1.08 bits per heavy atom. The lowest BCUT2D eigenvalue weighted by Gasteiger charge is -2.09. The lowest BCUT2D eigenvalue weighted by molar-refractivity contribution is -0.0701. The molecule has 0 amide bonds. The number of hydrogen-bond donors (Lipinski definition) is 1. The van der Waals surface area contributed by atoms with Crippen LogP contribution in [0.15, 0.2) is 0 Å². The minimum Gasteiger partial charge on any atom is -0.394 e. The van der Waals surface area contributed by atoms with E-state index in [0.29, 0.717) is 6.61 Å². The highest BCUT2D eigenvalue weighted by atomic mass is 16.7. The van der Waals surface area contributed by atoms with Crippen LogP contribution in [-0.2, 0) is 9.47 Å². The second-order valence-electron chi connectivity index (χ2n) is 8.15. The average molecular weight is 371 g/mol. The van der Waals surface area contributed by atoms with Crippen molar-refractivity contribution in [1.29, 1.82) is 0 Å². The van der Waals surface area contributed by atoms with Gasteiger partial charge >= 0.3 is 0 Å². The summed E-state index contributed by atoms with van der Waals surface area (Å²) >= 11 is 0. The molecule has 26 heavy (non-hydrogen) atoms. The zero-order valence-corrected chi connectivity index (χ0v) is 17.6. The fourth-order valence-corrected chi connectivity index (χ4v) is 3.79. The van der Waals surface area contributed by atoms with E-state index in [-0.39, 0.29) is 19.0 Å². The van der Waals surface area contributed by atoms with E-state index in [1.165, 1.54) is 109 Å². The predicted molar refractivity (Wildman–Crippen MR) is 110 cm³/mol. The van der Waals surface area contributed by atoms with E-state index in [1.54, 1.807) is 0 Å². The van der Waals surface area contributed by atoms with Crippen molar-refractivity contribution in [2.24, 2.45) is 0 Å². The van der Waals surface area contributed by atoms with Gasteiger partial charge in [-0.2, -0.15) is 0 Å². The largest absolute Gasteiger partial charge is 0.394 e. The molecule has 0 bridgehead atoms. The van der Waals surface area contributed by atoms with Crippen LogP contribution in [0.5, 0.6) is 0 Å². The van der Waals surface area contributed by atoms with Crippen molar-refractivity contribution in [1.82, 2.24) is 0 Å². The number of hydrogen-bond acceptors (Lipinski definition) is 3. The molecule has 0 aromatic heterocycles. The predicted octanol–water partition coefficient (Wildman–Crippen LogP) is 6.76. The van der Waals surface area contributed by atoms with Gasteiger partial charge in [0.15, 0.2) is 6.29 Å². The van der Waals surface area contributed by atoms with Crippen molar-refractivity contribution in [3.05, 3.63) is 0 Å². The van der Waals surface area contributed by atoms with Crippen LogP contribution < -0.4 is 0 Å². The van der Waals surface area contributed by atoms with Crippen LogP contribution in [0, 0.1) is 0 Å². The Morgan fingerprint density at radius 3 is 1.46 bits per heavy atom. The minimum atomic E-state index is -0.0919. The maximum Gasteiger partial charge on any atom is 0.158 e. The van der Waals surface area contributed by atoms with Crippen molar-refractivity contribution in [3.8, 4) is 0 Å². The Hall–Kier alpha value is -0.120. The van der Waals surface area contributed by atoms with Crippen LogP contribution in [-0.4, -0.2) is 30.7 Å². The molecule has 3 nitrogen and oxygen atoms in total. The monoisotopic (exact) mass is 370 g/mol. The Balaban J connectivity index is 1.67. The molecule has 1 rings (SSSR count). The van der Waals surface area contributed by atoms with Crippen LogP contribution in [0.3, 0.4) is 0 Å². The first-order valence-electron chi connectivity index (χ1n) is 11.7. The average Bonchev–Trinajstić information content (AvgIpc) is 3.12. The summed E-state index contributed by atoms with van der Waals surface area (Å²) < 4.78 is 11.1. The van der Waals surface area contributed by atoms with Crippen LogP contribution in [0.25, 0.3) is 0 Å². The fourth-order valence-electron chi connectivity index (χ4n) is 3.79. The van der Waals surface area contributed by atoms with E-state index >= 15 is 0 Å². The first-order valence-corrected chi connectivity index (χ1v) is 11.7. The molecule has 0 saturated carbocycles. The lowest BCUT2D eigenvalue weighted by atomic mass is 10.0. The third-order valence-corrected chi connectivity index (χ3v) is 5.56. The number of aliphatic hydroxyl groups excluding tert-OH is 1. The second-order valence-corrected chi connectivity index (χ2v) is 8.15. The maximum atomic E-state index is 9.00. The zero-order chi connectivity index (χ0) is 18.7. The Morgan fingerprint density at radius 1 is 0.654 bits per heavy atom. The first-order chi connectivity index (χ1) is 12.9. The molecule has 0 aliphatic carbocycles. The van der Waals surface area contributed by atoms with Gasteiger partial charge in [0.05, 0.1) is 13.2 Å². The molecule has 1 N–H and O–H groups in total. The van der Waals surface area contributed by atoms with Gasteiger partial charge in [0.2, 0.25) is 0 Å².